The van der Waals surface area contributed by atoms with Gasteiger partial charge in [-0.15, -0.1) is 0 Å². The summed E-state index contributed by atoms with van der Waals surface area (Å²) >= 11 is 0. The first-order chi connectivity index (χ1) is 9.69. The smallest absolute Gasteiger partial charge is 0.127 e. The van der Waals surface area contributed by atoms with Crippen LogP contribution in [0.5, 0.6) is 0 Å². The second kappa shape index (κ2) is 6.69. The number of anilines is 1. The van der Waals surface area contributed by atoms with Crippen LogP contribution in [-0.4, -0.2) is 16.1 Å². The number of aliphatic hydroxyl groups excluding tert-OH is 1. The molecule has 1 aromatic carbocycles. The number of nitrogens with one attached hydrogen (secondary N) is 1. The summed E-state index contributed by atoms with van der Waals surface area (Å²) in [6, 6.07) is 15.1. The number of rotatable bonds is 5. The number of hydrogen-bond acceptors (Lipinski definition) is 4. The summed E-state index contributed by atoms with van der Waals surface area (Å²) in [7, 11) is 0. The molecule has 2 atom stereocenters. The van der Waals surface area contributed by atoms with Crippen molar-refractivity contribution >= 4 is 5.82 Å². The summed E-state index contributed by atoms with van der Waals surface area (Å²) in [5, 5.41) is 22.2. The molecule has 0 saturated carbocycles. The van der Waals surface area contributed by atoms with Crippen LogP contribution in [0.25, 0.3) is 0 Å². The van der Waals surface area contributed by atoms with Crippen LogP contribution in [0.15, 0.2) is 48.7 Å². The third-order valence-electron chi connectivity index (χ3n) is 3.04. The molecule has 0 amide bonds. The summed E-state index contributed by atoms with van der Waals surface area (Å²) in [6.07, 6.45) is 1.65. The highest BCUT2D eigenvalue weighted by Gasteiger charge is 2.12. The van der Waals surface area contributed by atoms with Gasteiger partial charge in [0.15, 0.2) is 0 Å². The molecule has 1 aromatic heterocycles. The summed E-state index contributed by atoms with van der Waals surface area (Å²) in [5.41, 5.74) is 1.47. The van der Waals surface area contributed by atoms with Crippen LogP contribution in [0.2, 0.25) is 0 Å². The van der Waals surface area contributed by atoms with Crippen LogP contribution in [0.4, 0.5) is 5.82 Å². The molecule has 0 aliphatic heterocycles. The first-order valence-electron chi connectivity index (χ1n) is 6.54. The summed E-state index contributed by atoms with van der Waals surface area (Å²) in [5.74, 6) is 0.650. The maximum absolute atomic E-state index is 10.2. The number of pyridine rings is 1. The van der Waals surface area contributed by atoms with Gasteiger partial charge in [-0.3, -0.25) is 0 Å². The second-order valence-electron chi connectivity index (χ2n) is 4.75. The van der Waals surface area contributed by atoms with Crippen LogP contribution >= 0.6 is 0 Å². The molecular formula is C16H17N3O. The monoisotopic (exact) mass is 267 g/mol. The van der Waals surface area contributed by atoms with Crippen LogP contribution in [-0.2, 0) is 0 Å². The van der Waals surface area contributed by atoms with Gasteiger partial charge in [0.2, 0.25) is 0 Å². The Kier molecular flexibility index (Phi) is 4.70. The van der Waals surface area contributed by atoms with E-state index in [1.54, 1.807) is 18.3 Å². The Balaban J connectivity index is 1.95. The van der Waals surface area contributed by atoms with Gasteiger partial charge in [0.1, 0.15) is 5.82 Å². The number of hydrogen-bond donors (Lipinski definition) is 2. The van der Waals surface area contributed by atoms with Crippen molar-refractivity contribution in [1.82, 2.24) is 4.98 Å². The van der Waals surface area contributed by atoms with Gasteiger partial charge >= 0.3 is 0 Å². The maximum Gasteiger partial charge on any atom is 0.127 e. The molecular weight excluding hydrogens is 250 g/mol. The van der Waals surface area contributed by atoms with Crippen LogP contribution < -0.4 is 5.32 Å². The lowest BCUT2D eigenvalue weighted by Gasteiger charge is -2.18. The third-order valence-corrected chi connectivity index (χ3v) is 3.04. The van der Waals surface area contributed by atoms with E-state index in [4.69, 9.17) is 5.26 Å². The molecule has 2 N–H and O–H groups in total. The molecule has 0 fully saturated rings. The van der Waals surface area contributed by atoms with E-state index in [2.05, 4.69) is 16.4 Å². The van der Waals surface area contributed by atoms with E-state index in [0.29, 0.717) is 17.8 Å². The minimum Gasteiger partial charge on any atom is -0.388 e. The lowest BCUT2D eigenvalue weighted by molar-refractivity contribution is 0.162. The molecule has 0 spiro atoms. The van der Waals surface area contributed by atoms with Crippen molar-refractivity contribution < 1.29 is 5.11 Å². The Hall–Kier alpha value is -2.38. The highest BCUT2D eigenvalue weighted by molar-refractivity contribution is 5.42. The van der Waals surface area contributed by atoms with Gasteiger partial charge in [0, 0.05) is 12.2 Å². The molecule has 0 unspecified atom stereocenters. The van der Waals surface area contributed by atoms with Crippen molar-refractivity contribution in [3.05, 3.63) is 59.8 Å². The average molecular weight is 267 g/mol. The SMILES string of the molecule is C[C@@H](C[C@@H](O)c1ccccc1)Nc1cc(C#N)ccn1. The minimum atomic E-state index is -0.516. The fourth-order valence-electron chi connectivity index (χ4n) is 2.04. The molecule has 0 aliphatic rings. The Labute approximate surface area is 118 Å². The second-order valence-corrected chi connectivity index (χ2v) is 4.75. The number of aromatic nitrogens is 1. The topological polar surface area (TPSA) is 68.9 Å². The van der Waals surface area contributed by atoms with Crippen LogP contribution in [0.3, 0.4) is 0 Å². The molecule has 4 heteroatoms. The lowest BCUT2D eigenvalue weighted by Crippen LogP contribution is -2.19. The molecule has 0 aliphatic carbocycles. The van der Waals surface area contributed by atoms with Gasteiger partial charge in [-0.2, -0.15) is 5.26 Å². The summed E-state index contributed by atoms with van der Waals surface area (Å²) in [4.78, 5) is 4.16. The van der Waals surface area contributed by atoms with Crippen molar-refractivity contribution in [3.63, 3.8) is 0 Å². The Morgan fingerprint density at radius 1 is 1.30 bits per heavy atom. The van der Waals surface area contributed by atoms with Gasteiger partial charge in [-0.05, 0) is 31.0 Å². The largest absolute Gasteiger partial charge is 0.388 e. The molecule has 2 aromatic rings. The van der Waals surface area contributed by atoms with Crippen molar-refractivity contribution in [3.8, 4) is 6.07 Å². The highest BCUT2D eigenvalue weighted by Crippen LogP contribution is 2.19. The predicted molar refractivity (Wildman–Crippen MR) is 78.1 cm³/mol. The summed E-state index contributed by atoms with van der Waals surface area (Å²) < 4.78 is 0. The van der Waals surface area contributed by atoms with Crippen molar-refractivity contribution in [2.24, 2.45) is 0 Å². The molecule has 2 rings (SSSR count). The molecule has 102 valence electrons. The number of benzene rings is 1. The molecule has 20 heavy (non-hydrogen) atoms. The highest BCUT2D eigenvalue weighted by atomic mass is 16.3. The van der Waals surface area contributed by atoms with Gasteiger partial charge < -0.3 is 10.4 Å². The zero-order chi connectivity index (χ0) is 14.4. The minimum absolute atomic E-state index is 0.0478. The standard InChI is InChI=1S/C16H17N3O/c1-12(9-15(20)14-5-3-2-4-6-14)19-16-10-13(11-17)7-8-18-16/h2-8,10,12,15,20H,9H2,1H3,(H,18,19)/t12-,15+/m0/s1. The van der Waals surface area contributed by atoms with Crippen molar-refractivity contribution in [2.75, 3.05) is 5.32 Å². The van der Waals surface area contributed by atoms with Gasteiger partial charge in [0.25, 0.3) is 0 Å². The molecule has 1 heterocycles. The Bertz CT molecular complexity index is 592. The van der Waals surface area contributed by atoms with E-state index in [-0.39, 0.29) is 6.04 Å². The fourth-order valence-corrected chi connectivity index (χ4v) is 2.04. The fraction of sp³-hybridized carbons (Fsp3) is 0.250. The van der Waals surface area contributed by atoms with Crippen molar-refractivity contribution in [1.29, 1.82) is 5.26 Å². The normalized spacial score (nSPS) is 13.2. The van der Waals surface area contributed by atoms with Crippen LogP contribution in [0.1, 0.15) is 30.6 Å². The lowest BCUT2D eigenvalue weighted by atomic mass is 10.0. The van der Waals surface area contributed by atoms with Gasteiger partial charge in [0.05, 0.1) is 17.7 Å². The quantitative estimate of drug-likeness (QED) is 0.874. The molecule has 0 bridgehead atoms. The number of nitriles is 1. The van der Waals surface area contributed by atoms with Crippen molar-refractivity contribution in [2.45, 2.75) is 25.5 Å². The first-order valence-corrected chi connectivity index (χ1v) is 6.54. The number of aliphatic hydroxyl groups is 1. The maximum atomic E-state index is 10.2. The Morgan fingerprint density at radius 3 is 2.75 bits per heavy atom. The Morgan fingerprint density at radius 2 is 2.05 bits per heavy atom. The zero-order valence-electron chi connectivity index (χ0n) is 11.3. The molecule has 0 radical (unpaired) electrons. The van der Waals surface area contributed by atoms with E-state index >= 15 is 0 Å². The van der Waals surface area contributed by atoms with E-state index < -0.39 is 6.10 Å². The average Bonchev–Trinajstić information content (AvgIpc) is 2.48. The number of nitrogens with zero attached hydrogens (tertiary/aromatic N) is 2. The van der Waals surface area contributed by atoms with E-state index in [9.17, 15) is 5.11 Å². The summed E-state index contributed by atoms with van der Waals surface area (Å²) in [6.45, 7) is 1.98. The first kappa shape index (κ1) is 14.0. The zero-order valence-corrected chi connectivity index (χ0v) is 11.3. The third kappa shape index (κ3) is 3.81. The van der Waals surface area contributed by atoms with E-state index in [1.807, 2.05) is 37.3 Å². The predicted octanol–water partition coefficient (Wildman–Crippen LogP) is 2.88. The molecule has 0 saturated heterocycles. The van der Waals surface area contributed by atoms with E-state index in [0.717, 1.165) is 5.56 Å². The van der Waals surface area contributed by atoms with Gasteiger partial charge in [-0.1, -0.05) is 30.3 Å². The van der Waals surface area contributed by atoms with E-state index in [1.165, 1.54) is 0 Å². The van der Waals surface area contributed by atoms with Crippen LogP contribution in [0, 0.1) is 11.3 Å². The molecule has 4 nitrogen and oxygen atoms in total. The van der Waals surface area contributed by atoms with Gasteiger partial charge in [-0.25, -0.2) is 4.98 Å².